The predicted octanol–water partition coefficient (Wildman–Crippen LogP) is 3.29. The van der Waals surface area contributed by atoms with Gasteiger partial charge in [-0.25, -0.2) is 9.78 Å². The van der Waals surface area contributed by atoms with Gasteiger partial charge in [-0.3, -0.25) is 4.79 Å². The molecular weight excluding hydrogens is 338 g/mol. The fourth-order valence-corrected chi connectivity index (χ4v) is 2.68. The van der Waals surface area contributed by atoms with Crippen molar-refractivity contribution in [2.45, 2.75) is 71.8 Å². The number of aromatic nitrogens is 2. The van der Waals surface area contributed by atoms with Crippen LogP contribution in [0.5, 0.6) is 0 Å². The van der Waals surface area contributed by atoms with Gasteiger partial charge in [0.25, 0.3) is 0 Å². The lowest BCUT2D eigenvalue weighted by atomic mass is 10.2. The van der Waals surface area contributed by atoms with Gasteiger partial charge < -0.3 is 19.4 Å². The van der Waals surface area contributed by atoms with E-state index in [0.717, 1.165) is 6.04 Å². The van der Waals surface area contributed by atoms with Crippen LogP contribution in [0.15, 0.2) is 12.4 Å². The van der Waals surface area contributed by atoms with Gasteiger partial charge in [-0.15, -0.1) is 0 Å². The minimum atomic E-state index is -1.15. The van der Waals surface area contributed by atoms with Crippen LogP contribution in [0.25, 0.3) is 0 Å². The highest BCUT2D eigenvalue weighted by atomic mass is 28.3. The molecule has 0 bridgehead atoms. The van der Waals surface area contributed by atoms with Gasteiger partial charge in [0, 0.05) is 27.1 Å². The number of ketones is 1. The third kappa shape index (κ3) is 8.31. The first-order valence-electron chi connectivity index (χ1n) is 8.52. The van der Waals surface area contributed by atoms with Crippen LogP contribution in [0.3, 0.4) is 0 Å². The van der Waals surface area contributed by atoms with Crippen molar-refractivity contribution in [3.8, 4) is 0 Å². The first kappa shape index (κ1) is 21.4. The minimum absolute atomic E-state index is 0.261. The van der Waals surface area contributed by atoms with Gasteiger partial charge in [0.1, 0.15) is 12.3 Å². The molecule has 1 heterocycles. The summed E-state index contributed by atoms with van der Waals surface area (Å²) in [5.41, 5.74) is -0.616. The van der Waals surface area contributed by atoms with E-state index in [0.29, 0.717) is 6.61 Å². The molecule has 142 valence electrons. The lowest BCUT2D eigenvalue weighted by molar-refractivity contribution is 0.0493. The molecule has 0 saturated carbocycles. The number of hydrogen-bond acceptors (Lipinski definition) is 5. The van der Waals surface area contributed by atoms with Crippen LogP contribution in [-0.4, -0.2) is 47.8 Å². The smallest absolute Gasteiger partial charge is 0.408 e. The molecule has 0 radical (unpaired) electrons. The summed E-state index contributed by atoms with van der Waals surface area (Å²) in [7, 11) is -1.15. The molecule has 1 aromatic rings. The highest BCUT2D eigenvalue weighted by Gasteiger charge is 2.24. The van der Waals surface area contributed by atoms with E-state index in [-0.39, 0.29) is 18.3 Å². The molecule has 1 aromatic heterocycles. The summed E-state index contributed by atoms with van der Waals surface area (Å²) in [5, 5.41) is 2.54. The number of carbonyl (C=O) groups excluding carboxylic acids is 2. The Bertz CT molecular complexity index is 587. The Labute approximate surface area is 151 Å². The Balaban J connectivity index is 2.58. The second kappa shape index (κ2) is 8.62. The van der Waals surface area contributed by atoms with Crippen molar-refractivity contribution in [2.75, 3.05) is 6.61 Å². The number of rotatable bonds is 8. The number of nitrogens with zero attached hydrogens (tertiary/aromatic N) is 2. The Hall–Kier alpha value is -1.67. The number of Topliss-reactive ketones (excluding diaryl/α,β-unsaturated/α-hetero) is 1. The van der Waals surface area contributed by atoms with Gasteiger partial charge in [-0.1, -0.05) is 19.6 Å². The number of carbonyl (C=O) groups is 2. The first-order chi connectivity index (χ1) is 11.4. The van der Waals surface area contributed by atoms with Crippen molar-refractivity contribution in [3.63, 3.8) is 0 Å². The second-order valence-corrected chi connectivity index (χ2v) is 13.9. The molecule has 1 amide bonds. The maximum atomic E-state index is 12.5. The molecule has 0 saturated heterocycles. The number of ether oxygens (including phenoxy) is 2. The summed E-state index contributed by atoms with van der Waals surface area (Å²) in [4.78, 5) is 28.4. The van der Waals surface area contributed by atoms with Crippen molar-refractivity contribution in [2.24, 2.45) is 0 Å². The molecule has 0 aliphatic carbocycles. The van der Waals surface area contributed by atoms with Crippen LogP contribution >= 0.6 is 0 Å². The molecule has 0 unspecified atom stereocenters. The largest absolute Gasteiger partial charge is 0.444 e. The molecular formula is C17H31N3O4Si. The van der Waals surface area contributed by atoms with Gasteiger partial charge in [0.05, 0.1) is 6.04 Å². The van der Waals surface area contributed by atoms with Gasteiger partial charge in [-0.05, 0) is 33.7 Å². The summed E-state index contributed by atoms with van der Waals surface area (Å²) in [6, 6.07) is 0.319. The molecule has 25 heavy (non-hydrogen) atoms. The SMILES string of the molecule is C[C@H](NC(=O)OC(C)(C)C)C(=O)c1nccn1COCC[Si](C)(C)C. The summed E-state index contributed by atoms with van der Waals surface area (Å²) in [6.45, 7) is 14.7. The third-order valence-corrected chi connectivity index (χ3v) is 4.99. The van der Waals surface area contributed by atoms with Gasteiger partial charge >= 0.3 is 6.09 Å². The summed E-state index contributed by atoms with van der Waals surface area (Å²) in [5.74, 6) is -0.0267. The Morgan fingerprint density at radius 1 is 1.32 bits per heavy atom. The van der Waals surface area contributed by atoms with Crippen LogP contribution in [0.1, 0.15) is 38.3 Å². The van der Waals surface area contributed by atoms with Crippen molar-refractivity contribution < 1.29 is 19.1 Å². The zero-order chi connectivity index (χ0) is 19.3. The molecule has 0 aliphatic rings. The summed E-state index contributed by atoms with van der Waals surface area (Å²) >= 11 is 0. The maximum Gasteiger partial charge on any atom is 0.408 e. The monoisotopic (exact) mass is 369 g/mol. The number of imidazole rings is 1. The average molecular weight is 370 g/mol. The fraction of sp³-hybridized carbons (Fsp3) is 0.706. The molecule has 1 N–H and O–H groups in total. The molecule has 0 spiro atoms. The average Bonchev–Trinajstić information content (AvgIpc) is 2.87. The number of amides is 1. The predicted molar refractivity (Wildman–Crippen MR) is 99.5 cm³/mol. The van der Waals surface area contributed by atoms with Crippen LogP contribution in [-0.2, 0) is 16.2 Å². The van der Waals surface area contributed by atoms with Gasteiger partial charge in [0.15, 0.2) is 5.82 Å². The number of alkyl carbamates (subject to hydrolysis) is 1. The molecule has 7 nitrogen and oxygen atoms in total. The lowest BCUT2D eigenvalue weighted by Crippen LogP contribution is -2.42. The van der Waals surface area contributed by atoms with E-state index in [2.05, 4.69) is 29.9 Å². The number of hydrogen-bond donors (Lipinski definition) is 1. The van der Waals surface area contributed by atoms with Crippen LogP contribution in [0.4, 0.5) is 4.79 Å². The molecule has 1 atom stereocenters. The van der Waals surface area contributed by atoms with E-state index in [1.807, 2.05) is 0 Å². The summed E-state index contributed by atoms with van der Waals surface area (Å²) in [6.07, 6.45) is 2.62. The van der Waals surface area contributed by atoms with Gasteiger partial charge in [-0.2, -0.15) is 0 Å². The third-order valence-electron chi connectivity index (χ3n) is 3.29. The highest BCUT2D eigenvalue weighted by molar-refractivity contribution is 6.76. The van der Waals surface area contributed by atoms with E-state index in [4.69, 9.17) is 9.47 Å². The molecule has 0 fully saturated rings. The van der Waals surface area contributed by atoms with E-state index >= 15 is 0 Å². The van der Waals surface area contributed by atoms with E-state index < -0.39 is 25.8 Å². The van der Waals surface area contributed by atoms with E-state index in [1.165, 1.54) is 0 Å². The lowest BCUT2D eigenvalue weighted by Gasteiger charge is -2.21. The second-order valence-electron chi connectivity index (χ2n) is 8.30. The van der Waals surface area contributed by atoms with Crippen LogP contribution < -0.4 is 5.32 Å². The molecule has 8 heteroatoms. The van der Waals surface area contributed by atoms with Crippen molar-refractivity contribution in [1.82, 2.24) is 14.9 Å². The Kier molecular flexibility index (Phi) is 7.37. The molecule has 1 rings (SSSR count). The minimum Gasteiger partial charge on any atom is -0.444 e. The topological polar surface area (TPSA) is 82.5 Å². The maximum absolute atomic E-state index is 12.5. The van der Waals surface area contributed by atoms with Crippen LogP contribution in [0.2, 0.25) is 25.7 Å². The molecule has 0 aromatic carbocycles. The standard InChI is InChI=1S/C17H31N3O4Si/c1-13(19-16(22)24-17(2,3)4)14(21)15-18-8-9-20(15)12-23-10-11-25(5,6)7/h8-9,13H,10-12H2,1-7H3,(H,19,22)/t13-/m0/s1. The highest BCUT2D eigenvalue weighted by Crippen LogP contribution is 2.10. The van der Waals surface area contributed by atoms with Crippen LogP contribution in [0, 0.1) is 0 Å². The van der Waals surface area contributed by atoms with Crippen molar-refractivity contribution in [1.29, 1.82) is 0 Å². The van der Waals surface area contributed by atoms with Gasteiger partial charge in [0.2, 0.25) is 5.78 Å². The van der Waals surface area contributed by atoms with Crippen molar-refractivity contribution in [3.05, 3.63) is 18.2 Å². The summed E-state index contributed by atoms with van der Waals surface area (Å²) < 4.78 is 12.5. The van der Waals surface area contributed by atoms with E-state index in [9.17, 15) is 9.59 Å². The Morgan fingerprint density at radius 2 is 1.96 bits per heavy atom. The fourth-order valence-electron chi connectivity index (χ4n) is 1.92. The zero-order valence-electron chi connectivity index (χ0n) is 16.4. The van der Waals surface area contributed by atoms with Crippen molar-refractivity contribution >= 4 is 20.0 Å². The molecule has 0 aliphatic heterocycles. The number of nitrogens with one attached hydrogen (secondary N) is 1. The Morgan fingerprint density at radius 3 is 2.52 bits per heavy atom. The normalized spacial score (nSPS) is 13.4. The first-order valence-corrected chi connectivity index (χ1v) is 12.2. The quantitative estimate of drug-likeness (QED) is 0.432. The zero-order valence-corrected chi connectivity index (χ0v) is 17.4. The van der Waals surface area contributed by atoms with E-state index in [1.54, 1.807) is 44.7 Å².